The van der Waals surface area contributed by atoms with Crippen LogP contribution in [0.15, 0.2) is 78.9 Å². The number of nitrogens with one attached hydrogen (secondary N) is 1. The molecule has 0 aromatic heterocycles. The van der Waals surface area contributed by atoms with E-state index in [2.05, 4.69) is 5.32 Å². The van der Waals surface area contributed by atoms with Crippen molar-refractivity contribution in [3.05, 3.63) is 111 Å². The van der Waals surface area contributed by atoms with Crippen molar-refractivity contribution >= 4 is 29.3 Å². The summed E-state index contributed by atoms with van der Waals surface area (Å²) in [6.07, 6.45) is 1.04. The molecule has 0 unspecified atom stereocenters. The number of hydrogen-bond donors (Lipinski definition) is 1. The summed E-state index contributed by atoms with van der Waals surface area (Å²) in [6, 6.07) is 21.0. The van der Waals surface area contributed by atoms with Crippen molar-refractivity contribution in [1.29, 1.82) is 0 Å². The number of halogens is 1. The van der Waals surface area contributed by atoms with Gasteiger partial charge < -0.3 is 10.2 Å². The molecular formula is C28H30FN3O4S. The number of nitrogens with zero attached hydrogens (tertiary/aromatic N) is 2. The summed E-state index contributed by atoms with van der Waals surface area (Å²) in [5.74, 6) is -0.481. The van der Waals surface area contributed by atoms with Crippen LogP contribution in [-0.2, 0) is 28.3 Å². The number of carbonyl (C=O) groups is 2. The van der Waals surface area contributed by atoms with Gasteiger partial charge in [-0.1, -0.05) is 67.6 Å². The minimum absolute atomic E-state index is 0.00253. The second-order valence-electron chi connectivity index (χ2n) is 8.53. The van der Waals surface area contributed by atoms with Gasteiger partial charge in [0.1, 0.15) is 11.9 Å². The molecule has 9 heteroatoms. The topological polar surface area (TPSA) is 92.6 Å². The van der Waals surface area contributed by atoms with Crippen LogP contribution in [0.3, 0.4) is 0 Å². The molecule has 0 heterocycles. The summed E-state index contributed by atoms with van der Waals surface area (Å²) >= 11 is 1.34. The summed E-state index contributed by atoms with van der Waals surface area (Å²) in [6.45, 7) is 2.38. The number of rotatable bonds is 13. The van der Waals surface area contributed by atoms with Crippen molar-refractivity contribution in [3.63, 3.8) is 0 Å². The first kappa shape index (κ1) is 27.9. The van der Waals surface area contributed by atoms with Crippen LogP contribution < -0.4 is 5.32 Å². The maximum atomic E-state index is 14.6. The van der Waals surface area contributed by atoms with Crippen molar-refractivity contribution < 1.29 is 18.9 Å². The Morgan fingerprint density at radius 3 is 2.32 bits per heavy atom. The summed E-state index contributed by atoms with van der Waals surface area (Å²) < 4.78 is 14.6. The number of benzene rings is 3. The SMILES string of the molecule is CCCNC(=O)[C@@H](Cc1ccccc1)N(Cc1ccccc1F)C(=O)CSCc1ccc([N+](=O)[O-])cc1. The first-order chi connectivity index (χ1) is 17.9. The standard InChI is InChI=1S/C28H30FN3O4S/c1-2-16-30-28(34)26(17-21-8-4-3-5-9-21)31(18-23-10-6-7-11-25(23)29)27(33)20-37-19-22-12-14-24(15-13-22)32(35)36/h3-15,26H,2,16-20H2,1H3,(H,30,34)/t26-/m1/s1. The molecule has 0 bridgehead atoms. The number of nitro groups is 1. The molecule has 37 heavy (non-hydrogen) atoms. The Balaban J connectivity index is 1.81. The predicted molar refractivity (Wildman–Crippen MR) is 143 cm³/mol. The molecule has 0 aliphatic heterocycles. The van der Waals surface area contributed by atoms with E-state index < -0.39 is 16.8 Å². The fourth-order valence-corrected chi connectivity index (χ4v) is 4.65. The summed E-state index contributed by atoms with van der Waals surface area (Å²) in [7, 11) is 0. The zero-order valence-corrected chi connectivity index (χ0v) is 21.5. The van der Waals surface area contributed by atoms with Crippen LogP contribution >= 0.6 is 11.8 Å². The van der Waals surface area contributed by atoms with Crippen molar-refractivity contribution in [1.82, 2.24) is 10.2 Å². The van der Waals surface area contributed by atoms with Gasteiger partial charge in [-0.2, -0.15) is 0 Å². The number of non-ortho nitro benzene ring substituents is 1. The van der Waals surface area contributed by atoms with Gasteiger partial charge in [-0.3, -0.25) is 19.7 Å². The molecule has 0 aliphatic rings. The van der Waals surface area contributed by atoms with Crippen molar-refractivity contribution in [2.75, 3.05) is 12.3 Å². The van der Waals surface area contributed by atoms with Gasteiger partial charge in [0.2, 0.25) is 11.8 Å². The highest BCUT2D eigenvalue weighted by Crippen LogP contribution is 2.21. The molecule has 3 aromatic rings. The predicted octanol–water partition coefficient (Wildman–Crippen LogP) is 5.13. The number of thioether (sulfide) groups is 1. The fraction of sp³-hybridized carbons (Fsp3) is 0.286. The Labute approximate surface area is 220 Å². The Hall–Kier alpha value is -3.72. The lowest BCUT2D eigenvalue weighted by Gasteiger charge is -2.31. The molecule has 1 N–H and O–H groups in total. The Morgan fingerprint density at radius 2 is 1.68 bits per heavy atom. The minimum Gasteiger partial charge on any atom is -0.354 e. The van der Waals surface area contributed by atoms with Gasteiger partial charge >= 0.3 is 0 Å². The van der Waals surface area contributed by atoms with E-state index in [-0.39, 0.29) is 29.8 Å². The zero-order valence-electron chi connectivity index (χ0n) is 20.6. The molecule has 0 radical (unpaired) electrons. The molecule has 0 saturated heterocycles. The van der Waals surface area contributed by atoms with E-state index in [1.54, 1.807) is 30.3 Å². The van der Waals surface area contributed by atoms with E-state index in [1.165, 1.54) is 34.9 Å². The third-order valence-corrected chi connectivity index (χ3v) is 6.75. The average Bonchev–Trinajstić information content (AvgIpc) is 2.91. The molecule has 2 amide bonds. The molecule has 0 saturated carbocycles. The largest absolute Gasteiger partial charge is 0.354 e. The third-order valence-electron chi connectivity index (χ3n) is 5.76. The van der Waals surface area contributed by atoms with Gasteiger partial charge in [0.25, 0.3) is 5.69 Å². The fourth-order valence-electron chi connectivity index (χ4n) is 3.78. The maximum absolute atomic E-state index is 14.6. The smallest absolute Gasteiger partial charge is 0.269 e. The van der Waals surface area contributed by atoms with Crippen LogP contribution in [0.25, 0.3) is 0 Å². The molecule has 7 nitrogen and oxygen atoms in total. The lowest BCUT2D eigenvalue weighted by Crippen LogP contribution is -2.51. The highest BCUT2D eigenvalue weighted by atomic mass is 32.2. The van der Waals surface area contributed by atoms with Crippen LogP contribution in [0.5, 0.6) is 0 Å². The third kappa shape index (κ3) is 8.42. The van der Waals surface area contributed by atoms with Crippen LogP contribution in [0, 0.1) is 15.9 Å². The van der Waals surface area contributed by atoms with Gasteiger partial charge in [0.05, 0.1) is 10.7 Å². The molecule has 1 atom stereocenters. The van der Waals surface area contributed by atoms with Gasteiger partial charge in [0.15, 0.2) is 0 Å². The first-order valence-corrected chi connectivity index (χ1v) is 13.2. The van der Waals surface area contributed by atoms with Gasteiger partial charge in [0, 0.05) is 43.0 Å². The van der Waals surface area contributed by atoms with E-state index >= 15 is 0 Å². The van der Waals surface area contributed by atoms with E-state index in [0.29, 0.717) is 24.3 Å². The Kier molecular flexibility index (Phi) is 10.6. The Bertz CT molecular complexity index is 1190. The summed E-state index contributed by atoms with van der Waals surface area (Å²) in [5, 5.41) is 13.8. The van der Waals surface area contributed by atoms with Crippen LogP contribution in [-0.4, -0.2) is 40.0 Å². The van der Waals surface area contributed by atoms with Crippen molar-refractivity contribution in [2.24, 2.45) is 0 Å². The van der Waals surface area contributed by atoms with Crippen LogP contribution in [0.4, 0.5) is 10.1 Å². The number of amides is 2. The van der Waals surface area contributed by atoms with E-state index in [1.807, 2.05) is 37.3 Å². The van der Waals surface area contributed by atoms with Crippen LogP contribution in [0.2, 0.25) is 0 Å². The normalized spacial score (nSPS) is 11.5. The molecule has 3 aromatic carbocycles. The van der Waals surface area contributed by atoms with Gasteiger partial charge in [-0.25, -0.2) is 4.39 Å². The average molecular weight is 524 g/mol. The number of nitro benzene ring substituents is 1. The van der Waals surface area contributed by atoms with Gasteiger partial charge in [-0.05, 0) is 23.6 Å². The number of hydrogen-bond acceptors (Lipinski definition) is 5. The van der Waals surface area contributed by atoms with Gasteiger partial charge in [-0.15, -0.1) is 11.8 Å². The minimum atomic E-state index is -0.818. The lowest BCUT2D eigenvalue weighted by molar-refractivity contribution is -0.384. The van der Waals surface area contributed by atoms with Crippen LogP contribution in [0.1, 0.15) is 30.0 Å². The highest BCUT2D eigenvalue weighted by molar-refractivity contribution is 7.99. The first-order valence-electron chi connectivity index (χ1n) is 12.0. The molecule has 0 spiro atoms. The summed E-state index contributed by atoms with van der Waals surface area (Å²) in [4.78, 5) is 38.6. The second-order valence-corrected chi connectivity index (χ2v) is 9.51. The summed E-state index contributed by atoms with van der Waals surface area (Å²) in [5.41, 5.74) is 2.06. The molecular weight excluding hydrogens is 493 g/mol. The molecule has 0 aliphatic carbocycles. The maximum Gasteiger partial charge on any atom is 0.269 e. The van der Waals surface area contributed by atoms with Crippen molar-refractivity contribution in [3.8, 4) is 0 Å². The Morgan fingerprint density at radius 1 is 1.00 bits per heavy atom. The van der Waals surface area contributed by atoms with Crippen molar-refractivity contribution in [2.45, 2.75) is 38.1 Å². The molecule has 194 valence electrons. The van der Waals surface area contributed by atoms with E-state index in [0.717, 1.165) is 17.5 Å². The quantitative estimate of drug-likeness (QED) is 0.248. The lowest BCUT2D eigenvalue weighted by atomic mass is 10.0. The number of carbonyl (C=O) groups excluding carboxylic acids is 2. The van der Waals surface area contributed by atoms with E-state index in [9.17, 15) is 24.1 Å². The monoisotopic (exact) mass is 523 g/mol. The highest BCUT2D eigenvalue weighted by Gasteiger charge is 2.30. The second kappa shape index (κ2) is 14.1. The van der Waals surface area contributed by atoms with E-state index in [4.69, 9.17) is 0 Å². The molecule has 0 fully saturated rings. The zero-order chi connectivity index (χ0) is 26.6. The molecule has 3 rings (SSSR count).